The first-order chi connectivity index (χ1) is 10.0. The fraction of sp³-hybridized carbons (Fsp3) is 0.467. The summed E-state index contributed by atoms with van der Waals surface area (Å²) in [6.45, 7) is 3.89. The molecule has 0 unspecified atom stereocenters. The molecule has 2 rings (SSSR count). The zero-order chi connectivity index (χ0) is 15.4. The second kappa shape index (κ2) is 6.95. The van der Waals surface area contributed by atoms with Crippen molar-refractivity contribution < 1.29 is 14.7 Å². The van der Waals surface area contributed by atoms with Crippen molar-refractivity contribution in [1.82, 2.24) is 9.80 Å². The summed E-state index contributed by atoms with van der Waals surface area (Å²) in [5.41, 5.74) is 0.788. The normalized spacial score (nSPS) is 17.5. The molecule has 1 aromatic rings. The van der Waals surface area contributed by atoms with Gasteiger partial charge in [0.1, 0.15) is 6.04 Å². The summed E-state index contributed by atoms with van der Waals surface area (Å²) in [5, 5.41) is 9.55. The highest BCUT2D eigenvalue weighted by molar-refractivity contribution is 7.98. The summed E-state index contributed by atoms with van der Waals surface area (Å²) in [5.74, 6) is -0.797. The number of piperazine rings is 1. The van der Waals surface area contributed by atoms with E-state index in [1.165, 1.54) is 0 Å². The van der Waals surface area contributed by atoms with Gasteiger partial charge in [0.15, 0.2) is 0 Å². The number of carboxylic acids is 1. The largest absolute Gasteiger partial charge is 0.480 e. The van der Waals surface area contributed by atoms with Crippen LogP contribution in [0.15, 0.2) is 29.2 Å². The van der Waals surface area contributed by atoms with Gasteiger partial charge in [-0.3, -0.25) is 14.5 Å². The van der Waals surface area contributed by atoms with E-state index >= 15 is 0 Å². The van der Waals surface area contributed by atoms with Gasteiger partial charge in [-0.1, -0.05) is 12.1 Å². The predicted molar refractivity (Wildman–Crippen MR) is 82.4 cm³/mol. The van der Waals surface area contributed by atoms with Gasteiger partial charge in [-0.15, -0.1) is 11.8 Å². The smallest absolute Gasteiger partial charge is 0.325 e. The van der Waals surface area contributed by atoms with Crippen LogP contribution in [0.3, 0.4) is 0 Å². The Hall–Kier alpha value is -1.53. The van der Waals surface area contributed by atoms with Crippen molar-refractivity contribution in [3.05, 3.63) is 29.8 Å². The third kappa shape index (κ3) is 3.77. The van der Waals surface area contributed by atoms with Crippen LogP contribution in [-0.2, 0) is 9.59 Å². The van der Waals surface area contributed by atoms with Gasteiger partial charge in [0.05, 0.1) is 0 Å². The lowest BCUT2D eigenvalue weighted by atomic mass is 10.0. The maximum absolute atomic E-state index is 11.6. The van der Waals surface area contributed by atoms with E-state index in [-0.39, 0.29) is 5.91 Å². The number of aliphatic carboxylic acids is 1. The molecule has 0 aromatic heterocycles. The number of nitrogens with zero attached hydrogens (tertiary/aromatic N) is 2. The lowest BCUT2D eigenvalue weighted by Gasteiger charge is -2.37. The fourth-order valence-corrected chi connectivity index (χ4v) is 3.00. The molecule has 1 fully saturated rings. The van der Waals surface area contributed by atoms with Crippen molar-refractivity contribution in [2.24, 2.45) is 0 Å². The number of carbonyl (C=O) groups excluding carboxylic acids is 1. The van der Waals surface area contributed by atoms with Crippen LogP contribution in [0.5, 0.6) is 0 Å². The highest BCUT2D eigenvalue weighted by Gasteiger charge is 2.30. The Morgan fingerprint density at radius 2 is 1.71 bits per heavy atom. The van der Waals surface area contributed by atoms with Crippen molar-refractivity contribution in [2.75, 3.05) is 32.4 Å². The standard InChI is InChI=1S/C15H20N2O3S/c1-11(18)16-7-9-17(10-8-16)14(15(19)20)12-3-5-13(21-2)6-4-12/h3-6,14H,7-10H2,1-2H3,(H,19,20)/t14-/m0/s1. The van der Waals surface area contributed by atoms with Crippen LogP contribution in [0.1, 0.15) is 18.5 Å². The molecule has 6 heteroatoms. The van der Waals surface area contributed by atoms with Crippen LogP contribution in [0.2, 0.25) is 0 Å². The number of carboxylic acid groups (broad SMARTS) is 1. The minimum atomic E-state index is -0.844. The monoisotopic (exact) mass is 308 g/mol. The van der Waals surface area contributed by atoms with Gasteiger partial charge >= 0.3 is 5.97 Å². The van der Waals surface area contributed by atoms with E-state index in [9.17, 15) is 14.7 Å². The summed E-state index contributed by atoms with van der Waals surface area (Å²) in [6, 6.07) is 7.00. The Morgan fingerprint density at radius 3 is 2.14 bits per heavy atom. The number of hydrogen-bond donors (Lipinski definition) is 1. The predicted octanol–water partition coefficient (Wildman–Crippen LogP) is 1.70. The average molecular weight is 308 g/mol. The quantitative estimate of drug-likeness (QED) is 0.858. The summed E-state index contributed by atoms with van der Waals surface area (Å²) in [6.07, 6.45) is 1.99. The van der Waals surface area contributed by atoms with Crippen LogP contribution in [-0.4, -0.2) is 59.2 Å². The number of carbonyl (C=O) groups is 2. The van der Waals surface area contributed by atoms with Crippen LogP contribution in [0.4, 0.5) is 0 Å². The third-order valence-corrected chi connectivity index (χ3v) is 4.53. The Morgan fingerprint density at radius 1 is 1.14 bits per heavy atom. The molecule has 0 saturated carbocycles. The van der Waals surface area contributed by atoms with Gasteiger partial charge in [-0.25, -0.2) is 0 Å². The highest BCUT2D eigenvalue weighted by Crippen LogP contribution is 2.25. The maximum Gasteiger partial charge on any atom is 0.325 e. The molecule has 0 radical (unpaired) electrons. The Kier molecular flexibility index (Phi) is 5.25. The highest BCUT2D eigenvalue weighted by atomic mass is 32.2. The van der Waals surface area contributed by atoms with Crippen LogP contribution in [0, 0.1) is 0 Å². The Bertz CT molecular complexity index is 510. The van der Waals surface area contributed by atoms with Crippen molar-refractivity contribution in [2.45, 2.75) is 17.9 Å². The minimum absolute atomic E-state index is 0.0471. The first kappa shape index (κ1) is 15.9. The molecule has 0 bridgehead atoms. The molecular formula is C15H20N2O3S. The lowest BCUT2D eigenvalue weighted by molar-refractivity contribution is -0.145. The number of benzene rings is 1. The number of amides is 1. The molecule has 1 N–H and O–H groups in total. The molecule has 1 aliphatic rings. The maximum atomic E-state index is 11.6. The first-order valence-corrected chi connectivity index (χ1v) is 8.11. The molecule has 114 valence electrons. The van der Waals surface area contributed by atoms with E-state index in [1.54, 1.807) is 23.6 Å². The molecule has 0 spiro atoms. The van der Waals surface area contributed by atoms with Crippen molar-refractivity contribution >= 4 is 23.6 Å². The van der Waals surface area contributed by atoms with E-state index in [0.29, 0.717) is 26.2 Å². The minimum Gasteiger partial charge on any atom is -0.480 e. The molecule has 1 saturated heterocycles. The molecule has 1 amide bonds. The van der Waals surface area contributed by atoms with Gasteiger partial charge < -0.3 is 10.0 Å². The first-order valence-electron chi connectivity index (χ1n) is 6.89. The number of rotatable bonds is 4. The Balaban J connectivity index is 2.12. The molecule has 5 nitrogen and oxygen atoms in total. The van der Waals surface area contributed by atoms with E-state index < -0.39 is 12.0 Å². The fourth-order valence-electron chi connectivity index (χ4n) is 2.59. The zero-order valence-electron chi connectivity index (χ0n) is 12.3. The van der Waals surface area contributed by atoms with Gasteiger partial charge in [0.2, 0.25) is 5.91 Å². The van der Waals surface area contributed by atoms with Gasteiger partial charge in [-0.2, -0.15) is 0 Å². The molecule has 1 aliphatic heterocycles. The third-order valence-electron chi connectivity index (χ3n) is 3.79. The van der Waals surface area contributed by atoms with Crippen LogP contribution < -0.4 is 0 Å². The summed E-state index contributed by atoms with van der Waals surface area (Å²) in [7, 11) is 0. The SMILES string of the molecule is CSc1ccc([C@@H](C(=O)O)N2CCN(C(C)=O)CC2)cc1. The van der Waals surface area contributed by atoms with Crippen LogP contribution >= 0.6 is 11.8 Å². The van der Waals surface area contributed by atoms with Gasteiger partial charge in [0.25, 0.3) is 0 Å². The average Bonchev–Trinajstić information content (AvgIpc) is 2.48. The molecule has 0 aliphatic carbocycles. The molecular weight excluding hydrogens is 288 g/mol. The second-order valence-electron chi connectivity index (χ2n) is 5.06. The van der Waals surface area contributed by atoms with E-state index in [4.69, 9.17) is 0 Å². The van der Waals surface area contributed by atoms with Gasteiger partial charge in [0, 0.05) is 38.0 Å². The van der Waals surface area contributed by atoms with Gasteiger partial charge in [-0.05, 0) is 24.0 Å². The molecule has 1 aromatic carbocycles. The van der Waals surface area contributed by atoms with Crippen LogP contribution in [0.25, 0.3) is 0 Å². The topological polar surface area (TPSA) is 60.9 Å². The molecule has 1 heterocycles. The summed E-state index contributed by atoms with van der Waals surface area (Å²) < 4.78 is 0. The molecule has 1 atom stereocenters. The zero-order valence-corrected chi connectivity index (χ0v) is 13.1. The van der Waals surface area contributed by atoms with Crippen molar-refractivity contribution in [3.8, 4) is 0 Å². The number of hydrogen-bond acceptors (Lipinski definition) is 4. The van der Waals surface area contributed by atoms with Crippen molar-refractivity contribution in [1.29, 1.82) is 0 Å². The lowest BCUT2D eigenvalue weighted by Crippen LogP contribution is -2.50. The summed E-state index contributed by atoms with van der Waals surface area (Å²) >= 11 is 1.63. The van der Waals surface area contributed by atoms with E-state index in [2.05, 4.69) is 0 Å². The summed E-state index contributed by atoms with van der Waals surface area (Å²) in [4.78, 5) is 27.8. The Labute approximate surface area is 128 Å². The molecule has 21 heavy (non-hydrogen) atoms. The number of thioether (sulfide) groups is 1. The van der Waals surface area contributed by atoms with E-state index in [0.717, 1.165) is 10.5 Å². The van der Waals surface area contributed by atoms with Crippen molar-refractivity contribution in [3.63, 3.8) is 0 Å². The van der Waals surface area contributed by atoms with E-state index in [1.807, 2.05) is 35.4 Å². The second-order valence-corrected chi connectivity index (χ2v) is 5.94.